The molecule has 2 aromatic carbocycles. The van der Waals surface area contributed by atoms with Crippen LogP contribution in [-0.2, 0) is 0 Å². The first-order valence-electron chi connectivity index (χ1n) is 9.12. The maximum Gasteiger partial charge on any atom is 0.278 e. The second kappa shape index (κ2) is 8.66. The predicted octanol–water partition coefficient (Wildman–Crippen LogP) is 4.10. The zero-order valence-electron chi connectivity index (χ0n) is 16.9. The van der Waals surface area contributed by atoms with Gasteiger partial charge in [0.05, 0.1) is 21.3 Å². The van der Waals surface area contributed by atoms with E-state index >= 15 is 0 Å². The van der Waals surface area contributed by atoms with E-state index in [0.717, 1.165) is 0 Å². The summed E-state index contributed by atoms with van der Waals surface area (Å²) in [7, 11) is 4.62. The average Bonchev–Trinajstić information content (AvgIpc) is 3.29. The fourth-order valence-corrected chi connectivity index (χ4v) is 2.86. The first-order chi connectivity index (χ1) is 15.1. The van der Waals surface area contributed by atoms with E-state index in [1.165, 1.54) is 19.2 Å². The molecule has 0 saturated carbocycles. The number of aromatic nitrogens is 4. The number of benzene rings is 2. The molecule has 2 heterocycles. The van der Waals surface area contributed by atoms with Gasteiger partial charge in [-0.05, 0) is 36.4 Å². The second-order valence-corrected chi connectivity index (χ2v) is 6.27. The number of rotatable bonds is 7. The van der Waals surface area contributed by atoms with Crippen LogP contribution >= 0.6 is 0 Å². The van der Waals surface area contributed by atoms with Crippen molar-refractivity contribution in [2.75, 3.05) is 26.6 Å². The summed E-state index contributed by atoms with van der Waals surface area (Å²) >= 11 is 0. The Bertz CT molecular complexity index is 1150. The van der Waals surface area contributed by atoms with Crippen LogP contribution in [0.2, 0.25) is 0 Å². The van der Waals surface area contributed by atoms with Gasteiger partial charge in [-0.15, -0.1) is 10.2 Å². The zero-order chi connectivity index (χ0) is 21.8. The van der Waals surface area contributed by atoms with E-state index in [4.69, 9.17) is 18.7 Å². The van der Waals surface area contributed by atoms with Crippen molar-refractivity contribution in [2.45, 2.75) is 0 Å². The summed E-state index contributed by atoms with van der Waals surface area (Å²) in [5.41, 5.74) is 1.70. The number of methoxy groups -OCH3 is 3. The number of nitrogens with one attached hydrogen (secondary N) is 1. The molecule has 0 fully saturated rings. The fourth-order valence-electron chi connectivity index (χ4n) is 2.86. The van der Waals surface area contributed by atoms with Crippen LogP contribution in [0, 0.1) is 5.82 Å². The Balaban J connectivity index is 1.53. The molecule has 4 aromatic rings. The van der Waals surface area contributed by atoms with E-state index in [2.05, 4.69) is 25.7 Å². The minimum atomic E-state index is -0.339. The molecule has 0 amide bonds. The first-order valence-corrected chi connectivity index (χ1v) is 9.12. The van der Waals surface area contributed by atoms with Crippen LogP contribution in [0.3, 0.4) is 0 Å². The standard InChI is InChI=1S/C21H18FN5O4/c1-28-16-10-14(11-17(29-2)19(16)30-3)23-18-9-8-15(25-26-18)21-24-20(27-31-21)12-4-6-13(22)7-5-12/h4-11H,1-3H3,(H,23,26). The third-order valence-corrected chi connectivity index (χ3v) is 4.35. The maximum absolute atomic E-state index is 13.1. The molecule has 158 valence electrons. The molecule has 10 heteroatoms. The Hall–Kier alpha value is -4.21. The molecule has 31 heavy (non-hydrogen) atoms. The molecule has 4 rings (SSSR count). The Labute approximate surface area is 176 Å². The first kappa shape index (κ1) is 20.1. The molecule has 0 bridgehead atoms. The van der Waals surface area contributed by atoms with Gasteiger partial charge in [0, 0.05) is 23.4 Å². The predicted molar refractivity (Wildman–Crippen MR) is 110 cm³/mol. The van der Waals surface area contributed by atoms with Crippen molar-refractivity contribution in [1.29, 1.82) is 0 Å². The fraction of sp³-hybridized carbons (Fsp3) is 0.143. The van der Waals surface area contributed by atoms with Gasteiger partial charge in [0.2, 0.25) is 11.6 Å². The lowest BCUT2D eigenvalue weighted by molar-refractivity contribution is 0.324. The van der Waals surface area contributed by atoms with Crippen LogP contribution < -0.4 is 19.5 Å². The molecule has 0 spiro atoms. The smallest absolute Gasteiger partial charge is 0.278 e. The number of hydrogen-bond donors (Lipinski definition) is 1. The topological polar surface area (TPSA) is 104 Å². The van der Waals surface area contributed by atoms with Gasteiger partial charge in [-0.3, -0.25) is 0 Å². The van der Waals surface area contributed by atoms with Crippen molar-refractivity contribution >= 4 is 11.5 Å². The minimum absolute atomic E-state index is 0.200. The van der Waals surface area contributed by atoms with Crippen LogP contribution in [0.25, 0.3) is 23.0 Å². The van der Waals surface area contributed by atoms with Crippen LogP contribution in [0.4, 0.5) is 15.9 Å². The minimum Gasteiger partial charge on any atom is -0.493 e. The monoisotopic (exact) mass is 423 g/mol. The van der Waals surface area contributed by atoms with Crippen LogP contribution in [-0.4, -0.2) is 41.7 Å². The molecule has 0 atom stereocenters. The average molecular weight is 423 g/mol. The quantitative estimate of drug-likeness (QED) is 0.470. The Morgan fingerprint density at radius 3 is 2.16 bits per heavy atom. The number of anilines is 2. The highest BCUT2D eigenvalue weighted by Crippen LogP contribution is 2.40. The number of halogens is 1. The van der Waals surface area contributed by atoms with Crippen molar-refractivity contribution in [3.63, 3.8) is 0 Å². The molecular formula is C21H18FN5O4. The summed E-state index contributed by atoms with van der Waals surface area (Å²) in [5.74, 6) is 2.18. The molecule has 0 unspecified atom stereocenters. The van der Waals surface area contributed by atoms with Gasteiger partial charge in [-0.25, -0.2) is 4.39 Å². The summed E-state index contributed by atoms with van der Waals surface area (Å²) in [6, 6.07) is 12.7. The Morgan fingerprint density at radius 1 is 0.871 bits per heavy atom. The Kier molecular flexibility index (Phi) is 5.61. The molecule has 0 aliphatic rings. The van der Waals surface area contributed by atoms with Gasteiger partial charge in [0.25, 0.3) is 5.89 Å². The lowest BCUT2D eigenvalue weighted by atomic mass is 10.2. The zero-order valence-corrected chi connectivity index (χ0v) is 16.9. The van der Waals surface area contributed by atoms with Crippen LogP contribution in [0.1, 0.15) is 0 Å². The van der Waals surface area contributed by atoms with Crippen molar-refractivity contribution in [1.82, 2.24) is 20.3 Å². The summed E-state index contributed by atoms with van der Waals surface area (Å²) in [6.07, 6.45) is 0. The normalized spacial score (nSPS) is 10.6. The molecule has 1 N–H and O–H groups in total. The van der Waals surface area contributed by atoms with E-state index in [-0.39, 0.29) is 11.7 Å². The maximum atomic E-state index is 13.1. The highest BCUT2D eigenvalue weighted by Gasteiger charge is 2.15. The third-order valence-electron chi connectivity index (χ3n) is 4.35. The molecule has 0 aliphatic heterocycles. The molecule has 0 saturated heterocycles. The van der Waals surface area contributed by atoms with Gasteiger partial charge in [-0.1, -0.05) is 5.16 Å². The molecule has 9 nitrogen and oxygen atoms in total. The van der Waals surface area contributed by atoms with Gasteiger partial charge in [0.1, 0.15) is 5.82 Å². The van der Waals surface area contributed by atoms with Crippen molar-refractivity contribution in [2.24, 2.45) is 0 Å². The number of hydrogen-bond acceptors (Lipinski definition) is 9. The van der Waals surface area contributed by atoms with Gasteiger partial charge < -0.3 is 24.1 Å². The lowest BCUT2D eigenvalue weighted by Gasteiger charge is -2.14. The van der Waals surface area contributed by atoms with E-state index in [1.807, 2.05) is 0 Å². The van der Waals surface area contributed by atoms with E-state index < -0.39 is 0 Å². The number of ether oxygens (including phenoxy) is 3. The Morgan fingerprint density at radius 2 is 1.58 bits per heavy atom. The number of nitrogens with zero attached hydrogens (tertiary/aromatic N) is 4. The second-order valence-electron chi connectivity index (χ2n) is 6.27. The van der Waals surface area contributed by atoms with E-state index in [0.29, 0.717) is 45.8 Å². The van der Waals surface area contributed by atoms with Crippen molar-refractivity contribution < 1.29 is 23.1 Å². The molecule has 2 aromatic heterocycles. The van der Waals surface area contributed by atoms with E-state index in [1.54, 1.807) is 50.6 Å². The summed E-state index contributed by atoms with van der Waals surface area (Å²) in [6.45, 7) is 0. The molecule has 0 radical (unpaired) electrons. The van der Waals surface area contributed by atoms with Crippen molar-refractivity contribution in [3.8, 4) is 40.2 Å². The summed E-state index contributed by atoms with van der Waals surface area (Å²) in [4.78, 5) is 4.29. The third kappa shape index (κ3) is 4.22. The van der Waals surface area contributed by atoms with Crippen molar-refractivity contribution in [3.05, 3.63) is 54.3 Å². The van der Waals surface area contributed by atoms with Gasteiger partial charge >= 0.3 is 0 Å². The van der Waals surface area contributed by atoms with Gasteiger partial charge in [-0.2, -0.15) is 4.98 Å². The van der Waals surface area contributed by atoms with Gasteiger partial charge in [0.15, 0.2) is 23.0 Å². The lowest BCUT2D eigenvalue weighted by Crippen LogP contribution is -2.00. The van der Waals surface area contributed by atoms with E-state index in [9.17, 15) is 4.39 Å². The SMILES string of the molecule is COc1cc(Nc2ccc(-c3nc(-c4ccc(F)cc4)no3)nn2)cc(OC)c1OC. The highest BCUT2D eigenvalue weighted by molar-refractivity contribution is 5.67. The summed E-state index contributed by atoms with van der Waals surface area (Å²) in [5, 5.41) is 15.3. The largest absolute Gasteiger partial charge is 0.493 e. The summed E-state index contributed by atoms with van der Waals surface area (Å²) < 4.78 is 34.4. The molecule has 0 aliphatic carbocycles. The van der Waals surface area contributed by atoms with Crippen LogP contribution in [0.5, 0.6) is 17.2 Å². The highest BCUT2D eigenvalue weighted by atomic mass is 19.1. The molecular weight excluding hydrogens is 405 g/mol. The van der Waals surface area contributed by atoms with Crippen LogP contribution in [0.15, 0.2) is 53.1 Å².